The SMILES string of the molecule is CC(C)NC(=O)CC1(C)OCCc2nc(-c3ccccc3)sc21. The van der Waals surface area contributed by atoms with Gasteiger partial charge in [-0.15, -0.1) is 11.3 Å². The second kappa shape index (κ2) is 6.42. The van der Waals surface area contributed by atoms with Crippen molar-refractivity contribution in [3.05, 3.63) is 40.9 Å². The summed E-state index contributed by atoms with van der Waals surface area (Å²) in [6.45, 7) is 6.54. The van der Waals surface area contributed by atoms with Crippen LogP contribution in [-0.4, -0.2) is 23.5 Å². The number of nitrogens with zero attached hydrogens (tertiary/aromatic N) is 1. The molecule has 1 unspecified atom stereocenters. The van der Waals surface area contributed by atoms with Gasteiger partial charge in [0.25, 0.3) is 0 Å². The van der Waals surface area contributed by atoms with E-state index in [4.69, 9.17) is 9.72 Å². The zero-order chi connectivity index (χ0) is 16.4. The van der Waals surface area contributed by atoms with Crippen LogP contribution in [0.2, 0.25) is 0 Å². The van der Waals surface area contributed by atoms with Crippen molar-refractivity contribution in [2.24, 2.45) is 0 Å². The molecule has 23 heavy (non-hydrogen) atoms. The van der Waals surface area contributed by atoms with Crippen molar-refractivity contribution in [2.45, 2.75) is 45.3 Å². The Labute approximate surface area is 140 Å². The van der Waals surface area contributed by atoms with Crippen LogP contribution >= 0.6 is 11.3 Å². The minimum Gasteiger partial charge on any atom is -0.369 e. The fourth-order valence-corrected chi connectivity index (χ4v) is 4.10. The zero-order valence-corrected chi connectivity index (χ0v) is 14.6. The highest BCUT2D eigenvalue weighted by molar-refractivity contribution is 7.15. The minimum atomic E-state index is -0.586. The number of carbonyl (C=O) groups excluding carboxylic acids is 1. The van der Waals surface area contributed by atoms with Crippen molar-refractivity contribution in [1.29, 1.82) is 0 Å². The first-order valence-corrected chi connectivity index (χ1v) is 8.78. The second-order valence-corrected chi connectivity index (χ2v) is 7.39. The number of hydrogen-bond acceptors (Lipinski definition) is 4. The molecule has 0 fully saturated rings. The standard InChI is InChI=1S/C18H22N2O2S/c1-12(2)19-15(21)11-18(3)16-14(9-10-22-18)20-17(23-16)13-7-5-4-6-8-13/h4-8,12H,9-11H2,1-3H3,(H,19,21). The van der Waals surface area contributed by atoms with Crippen LogP contribution in [0, 0.1) is 0 Å². The van der Waals surface area contributed by atoms with Gasteiger partial charge < -0.3 is 10.1 Å². The van der Waals surface area contributed by atoms with Crippen LogP contribution in [-0.2, 0) is 21.6 Å². The van der Waals surface area contributed by atoms with Gasteiger partial charge >= 0.3 is 0 Å². The third-order valence-electron chi connectivity index (χ3n) is 3.91. The molecule has 4 nitrogen and oxygen atoms in total. The molecular formula is C18H22N2O2S. The normalized spacial score (nSPS) is 20.3. The third kappa shape index (κ3) is 3.46. The predicted octanol–water partition coefficient (Wildman–Crippen LogP) is 3.51. The fraction of sp³-hybridized carbons (Fsp3) is 0.444. The summed E-state index contributed by atoms with van der Waals surface area (Å²) in [5.41, 5.74) is 1.60. The fourth-order valence-electron chi connectivity index (χ4n) is 2.89. The molecule has 1 aliphatic rings. The van der Waals surface area contributed by atoms with Crippen molar-refractivity contribution in [3.63, 3.8) is 0 Å². The third-order valence-corrected chi connectivity index (χ3v) is 5.30. The summed E-state index contributed by atoms with van der Waals surface area (Å²) in [6.07, 6.45) is 1.13. The van der Waals surface area contributed by atoms with E-state index in [-0.39, 0.29) is 11.9 Å². The number of nitrogens with one attached hydrogen (secondary N) is 1. The lowest BCUT2D eigenvalue weighted by molar-refractivity contribution is -0.130. The molecular weight excluding hydrogens is 308 g/mol. The Morgan fingerprint density at radius 1 is 1.39 bits per heavy atom. The Morgan fingerprint density at radius 3 is 2.83 bits per heavy atom. The number of carbonyl (C=O) groups is 1. The first-order chi connectivity index (χ1) is 11.0. The number of amides is 1. The van der Waals surface area contributed by atoms with Gasteiger partial charge in [-0.05, 0) is 20.8 Å². The molecule has 122 valence electrons. The highest BCUT2D eigenvalue weighted by Crippen LogP contribution is 2.42. The maximum atomic E-state index is 12.2. The minimum absolute atomic E-state index is 0.0185. The number of thiazole rings is 1. The summed E-state index contributed by atoms with van der Waals surface area (Å²) < 4.78 is 6.00. The van der Waals surface area contributed by atoms with E-state index in [0.29, 0.717) is 13.0 Å². The monoisotopic (exact) mass is 330 g/mol. The zero-order valence-electron chi connectivity index (χ0n) is 13.8. The number of aromatic nitrogens is 1. The topological polar surface area (TPSA) is 51.2 Å². The van der Waals surface area contributed by atoms with Gasteiger partial charge in [0.15, 0.2) is 0 Å². The van der Waals surface area contributed by atoms with Crippen LogP contribution < -0.4 is 5.32 Å². The summed E-state index contributed by atoms with van der Waals surface area (Å²) >= 11 is 1.64. The molecule has 1 aliphatic heterocycles. The van der Waals surface area contributed by atoms with Gasteiger partial charge in [-0.25, -0.2) is 4.98 Å². The summed E-state index contributed by atoms with van der Waals surface area (Å²) in [5, 5.41) is 3.95. The van der Waals surface area contributed by atoms with E-state index < -0.39 is 5.60 Å². The van der Waals surface area contributed by atoms with Gasteiger partial charge in [-0.2, -0.15) is 0 Å². The van der Waals surface area contributed by atoms with Crippen molar-refractivity contribution in [3.8, 4) is 10.6 Å². The van der Waals surface area contributed by atoms with E-state index in [0.717, 1.165) is 27.6 Å². The predicted molar refractivity (Wildman–Crippen MR) is 92.5 cm³/mol. The molecule has 2 heterocycles. The Bertz CT molecular complexity index is 696. The summed E-state index contributed by atoms with van der Waals surface area (Å²) in [4.78, 5) is 18.1. The molecule has 0 spiro atoms. The highest BCUT2D eigenvalue weighted by atomic mass is 32.1. The number of ether oxygens (including phenoxy) is 1. The molecule has 0 saturated carbocycles. The number of rotatable bonds is 4. The molecule has 0 radical (unpaired) electrons. The molecule has 0 saturated heterocycles. The molecule has 1 N–H and O–H groups in total. The molecule has 0 bridgehead atoms. The first-order valence-electron chi connectivity index (χ1n) is 7.97. The molecule has 5 heteroatoms. The molecule has 1 aromatic carbocycles. The van der Waals surface area contributed by atoms with Crippen molar-refractivity contribution < 1.29 is 9.53 Å². The van der Waals surface area contributed by atoms with E-state index in [1.54, 1.807) is 11.3 Å². The van der Waals surface area contributed by atoms with Gasteiger partial charge in [0, 0.05) is 18.0 Å². The van der Waals surface area contributed by atoms with Gasteiger partial charge in [-0.3, -0.25) is 4.79 Å². The Kier molecular flexibility index (Phi) is 4.50. The average molecular weight is 330 g/mol. The molecule has 3 rings (SSSR count). The Balaban J connectivity index is 1.90. The smallest absolute Gasteiger partial charge is 0.223 e. The van der Waals surface area contributed by atoms with Crippen LogP contribution in [0.3, 0.4) is 0 Å². The lowest BCUT2D eigenvalue weighted by atomic mass is 9.94. The Hall–Kier alpha value is -1.72. The average Bonchev–Trinajstić information content (AvgIpc) is 2.93. The largest absolute Gasteiger partial charge is 0.369 e. The van der Waals surface area contributed by atoms with Crippen LogP contribution in [0.4, 0.5) is 0 Å². The number of hydrogen-bond donors (Lipinski definition) is 1. The van der Waals surface area contributed by atoms with E-state index in [1.165, 1.54) is 0 Å². The molecule has 2 aromatic rings. The van der Waals surface area contributed by atoms with Gasteiger partial charge in [0.1, 0.15) is 10.6 Å². The van der Waals surface area contributed by atoms with Crippen LogP contribution in [0.25, 0.3) is 10.6 Å². The van der Waals surface area contributed by atoms with E-state index in [1.807, 2.05) is 39.0 Å². The van der Waals surface area contributed by atoms with Crippen molar-refractivity contribution in [1.82, 2.24) is 10.3 Å². The van der Waals surface area contributed by atoms with Crippen LogP contribution in [0.5, 0.6) is 0 Å². The summed E-state index contributed by atoms with van der Waals surface area (Å²) in [6, 6.07) is 10.3. The molecule has 1 aromatic heterocycles. The lowest BCUT2D eigenvalue weighted by Gasteiger charge is -2.32. The number of benzene rings is 1. The molecule has 1 atom stereocenters. The van der Waals surface area contributed by atoms with Crippen LogP contribution in [0.1, 0.15) is 37.8 Å². The van der Waals surface area contributed by atoms with Gasteiger partial charge in [0.05, 0.1) is 23.6 Å². The van der Waals surface area contributed by atoms with Crippen molar-refractivity contribution in [2.75, 3.05) is 6.61 Å². The van der Waals surface area contributed by atoms with Gasteiger partial charge in [-0.1, -0.05) is 30.3 Å². The van der Waals surface area contributed by atoms with E-state index in [9.17, 15) is 4.79 Å². The number of fused-ring (bicyclic) bond motifs is 1. The maximum absolute atomic E-state index is 12.2. The summed E-state index contributed by atoms with van der Waals surface area (Å²) in [7, 11) is 0. The van der Waals surface area contributed by atoms with E-state index >= 15 is 0 Å². The molecule has 0 aliphatic carbocycles. The van der Waals surface area contributed by atoms with E-state index in [2.05, 4.69) is 17.4 Å². The quantitative estimate of drug-likeness (QED) is 0.933. The maximum Gasteiger partial charge on any atom is 0.223 e. The van der Waals surface area contributed by atoms with Crippen molar-refractivity contribution >= 4 is 17.2 Å². The highest BCUT2D eigenvalue weighted by Gasteiger charge is 2.38. The summed E-state index contributed by atoms with van der Waals surface area (Å²) in [5.74, 6) is 0.0185. The molecule has 1 amide bonds. The van der Waals surface area contributed by atoms with Crippen LogP contribution in [0.15, 0.2) is 30.3 Å². The first kappa shape index (κ1) is 16.1. The second-order valence-electron chi connectivity index (χ2n) is 6.39. The lowest BCUT2D eigenvalue weighted by Crippen LogP contribution is -2.39. The Morgan fingerprint density at radius 2 is 2.13 bits per heavy atom. The van der Waals surface area contributed by atoms with Gasteiger partial charge in [0.2, 0.25) is 5.91 Å².